The predicted octanol–water partition coefficient (Wildman–Crippen LogP) is 3.82. The molecule has 0 saturated carbocycles. The number of aromatic nitrogens is 1. The Morgan fingerprint density at radius 1 is 1.14 bits per heavy atom. The lowest BCUT2D eigenvalue weighted by atomic mass is 10.0. The molecule has 9 heteroatoms. The van der Waals surface area contributed by atoms with Gasteiger partial charge >= 0.3 is 5.97 Å². The molecule has 152 valence electrons. The van der Waals surface area contributed by atoms with Crippen molar-refractivity contribution < 1.29 is 23.1 Å². The maximum atomic E-state index is 14.7. The monoisotopic (exact) mass is 405 g/mol. The van der Waals surface area contributed by atoms with E-state index >= 15 is 0 Å². The van der Waals surface area contributed by atoms with Crippen LogP contribution in [0.2, 0.25) is 0 Å². The number of nitrogens with zero attached hydrogens (tertiary/aromatic N) is 1. The number of hydrogen-bond donors (Lipinski definition) is 3. The van der Waals surface area contributed by atoms with Gasteiger partial charge in [0.05, 0.1) is 28.0 Å². The van der Waals surface area contributed by atoms with Crippen LogP contribution in [-0.2, 0) is 0 Å². The van der Waals surface area contributed by atoms with E-state index in [2.05, 4.69) is 5.32 Å². The van der Waals surface area contributed by atoms with E-state index < -0.39 is 34.4 Å². The third-order valence-electron chi connectivity index (χ3n) is 4.47. The molecule has 0 unspecified atom stereocenters. The largest absolute Gasteiger partial charge is 0.477 e. The van der Waals surface area contributed by atoms with Gasteiger partial charge in [0.2, 0.25) is 5.43 Å². The van der Waals surface area contributed by atoms with Crippen LogP contribution in [0.25, 0.3) is 16.6 Å². The van der Waals surface area contributed by atoms with Gasteiger partial charge in [0, 0.05) is 18.3 Å². The zero-order valence-electron chi connectivity index (χ0n) is 15.8. The summed E-state index contributed by atoms with van der Waals surface area (Å²) in [5.41, 5.74) is 3.71. The third kappa shape index (κ3) is 3.39. The second kappa shape index (κ2) is 7.16. The van der Waals surface area contributed by atoms with Gasteiger partial charge in [-0.2, -0.15) is 0 Å². The molecular weight excluding hydrogens is 387 g/mol. The molecule has 3 aromatic rings. The van der Waals surface area contributed by atoms with Gasteiger partial charge in [0.1, 0.15) is 23.0 Å². The Labute approximate surface area is 163 Å². The standard InChI is InChI=1S/C20H18F3N3O3/c1-8(2)25-17-9(3)18-10(4-14(17)23)19(27)11(20(28)29)7-26(18)16-6-15(24)12(21)5-13(16)22/h4-8,25H,24H2,1-3H3,(H,28,29). The Bertz CT molecular complexity index is 1220. The predicted molar refractivity (Wildman–Crippen MR) is 104 cm³/mol. The number of carboxylic acid groups (broad SMARTS) is 1. The SMILES string of the molecule is Cc1c(NC(C)C)c(F)cc2c(=O)c(C(=O)O)cn(-c3cc(N)c(F)cc3F)c12. The van der Waals surface area contributed by atoms with Crippen molar-refractivity contribution in [2.24, 2.45) is 0 Å². The molecule has 29 heavy (non-hydrogen) atoms. The van der Waals surface area contributed by atoms with E-state index in [0.717, 1.165) is 22.9 Å². The van der Waals surface area contributed by atoms with Crippen molar-refractivity contribution in [1.82, 2.24) is 4.57 Å². The van der Waals surface area contributed by atoms with E-state index in [1.165, 1.54) is 6.92 Å². The van der Waals surface area contributed by atoms with Crippen LogP contribution >= 0.6 is 0 Å². The van der Waals surface area contributed by atoms with Gasteiger partial charge in [0.25, 0.3) is 0 Å². The fraction of sp³-hybridized carbons (Fsp3) is 0.200. The number of anilines is 2. The molecule has 0 aliphatic carbocycles. The molecular formula is C20H18F3N3O3. The number of hydrogen-bond acceptors (Lipinski definition) is 4. The van der Waals surface area contributed by atoms with Crippen molar-refractivity contribution in [3.63, 3.8) is 0 Å². The minimum absolute atomic E-state index is 0.0782. The number of rotatable bonds is 4. The highest BCUT2D eigenvalue weighted by Crippen LogP contribution is 2.31. The highest BCUT2D eigenvalue weighted by atomic mass is 19.1. The van der Waals surface area contributed by atoms with E-state index in [-0.39, 0.29) is 39.6 Å². The number of pyridine rings is 1. The van der Waals surface area contributed by atoms with Gasteiger partial charge in [-0.15, -0.1) is 0 Å². The molecule has 0 aliphatic heterocycles. The molecule has 0 radical (unpaired) electrons. The van der Waals surface area contributed by atoms with Crippen molar-refractivity contribution >= 4 is 28.2 Å². The van der Waals surface area contributed by atoms with Crippen molar-refractivity contribution in [3.8, 4) is 5.69 Å². The van der Waals surface area contributed by atoms with Crippen molar-refractivity contribution in [1.29, 1.82) is 0 Å². The summed E-state index contributed by atoms with van der Waals surface area (Å²) in [5, 5.41) is 12.0. The maximum Gasteiger partial charge on any atom is 0.341 e. The van der Waals surface area contributed by atoms with Gasteiger partial charge in [-0.3, -0.25) is 4.79 Å². The topological polar surface area (TPSA) is 97.4 Å². The Morgan fingerprint density at radius 3 is 2.38 bits per heavy atom. The highest BCUT2D eigenvalue weighted by molar-refractivity contribution is 5.96. The average Bonchev–Trinajstić information content (AvgIpc) is 2.62. The quantitative estimate of drug-likeness (QED) is 0.574. The molecule has 0 saturated heterocycles. The van der Waals surface area contributed by atoms with Crippen LogP contribution in [0, 0.1) is 24.4 Å². The first-order valence-corrected chi connectivity index (χ1v) is 8.66. The summed E-state index contributed by atoms with van der Waals surface area (Å²) >= 11 is 0. The number of carbonyl (C=O) groups is 1. The number of fused-ring (bicyclic) bond motifs is 1. The zero-order valence-corrected chi connectivity index (χ0v) is 15.8. The Kier molecular flexibility index (Phi) is 5.00. The molecule has 1 heterocycles. The lowest BCUT2D eigenvalue weighted by Crippen LogP contribution is -2.21. The van der Waals surface area contributed by atoms with Crippen molar-refractivity contribution in [2.45, 2.75) is 26.8 Å². The van der Waals surface area contributed by atoms with E-state index in [0.29, 0.717) is 6.07 Å². The van der Waals surface area contributed by atoms with E-state index in [4.69, 9.17) is 5.73 Å². The molecule has 0 bridgehead atoms. The second-order valence-electron chi connectivity index (χ2n) is 6.93. The van der Waals surface area contributed by atoms with Crippen molar-refractivity contribution in [3.05, 3.63) is 63.2 Å². The summed E-state index contributed by atoms with van der Waals surface area (Å²) in [5.74, 6) is -4.34. The van der Waals surface area contributed by atoms with Crippen molar-refractivity contribution in [2.75, 3.05) is 11.1 Å². The number of aromatic carboxylic acids is 1. The van der Waals surface area contributed by atoms with Crippen LogP contribution in [0.1, 0.15) is 29.8 Å². The third-order valence-corrected chi connectivity index (χ3v) is 4.47. The number of nitrogen functional groups attached to an aromatic ring is 1. The Morgan fingerprint density at radius 2 is 1.79 bits per heavy atom. The lowest BCUT2D eigenvalue weighted by Gasteiger charge is -2.20. The lowest BCUT2D eigenvalue weighted by molar-refractivity contribution is 0.0695. The van der Waals surface area contributed by atoms with Gasteiger partial charge < -0.3 is 20.7 Å². The fourth-order valence-corrected chi connectivity index (χ4v) is 3.19. The molecule has 0 aliphatic rings. The van der Waals surface area contributed by atoms with E-state index in [1.807, 2.05) is 0 Å². The summed E-state index contributed by atoms with van der Waals surface area (Å²) in [6, 6.07) is 2.29. The van der Waals surface area contributed by atoms with Crippen LogP contribution in [0.3, 0.4) is 0 Å². The van der Waals surface area contributed by atoms with Crippen LogP contribution in [0.5, 0.6) is 0 Å². The summed E-state index contributed by atoms with van der Waals surface area (Å²) in [4.78, 5) is 24.2. The maximum absolute atomic E-state index is 14.7. The molecule has 1 aromatic heterocycles. The Balaban J connectivity index is 2.54. The number of aryl methyl sites for hydroxylation is 1. The molecule has 3 rings (SSSR count). The van der Waals surface area contributed by atoms with Gasteiger partial charge in [-0.25, -0.2) is 18.0 Å². The zero-order chi connectivity index (χ0) is 21.6. The fourth-order valence-electron chi connectivity index (χ4n) is 3.19. The molecule has 6 nitrogen and oxygen atoms in total. The summed E-state index contributed by atoms with van der Waals surface area (Å²) < 4.78 is 43.9. The normalized spacial score (nSPS) is 11.3. The number of nitrogens with two attached hydrogens (primary N) is 1. The van der Waals surface area contributed by atoms with Crippen LogP contribution in [-0.4, -0.2) is 21.7 Å². The number of carboxylic acids is 1. The summed E-state index contributed by atoms with van der Waals surface area (Å²) in [7, 11) is 0. The van der Waals surface area contributed by atoms with Gasteiger partial charge in [-0.1, -0.05) is 0 Å². The number of benzene rings is 2. The van der Waals surface area contributed by atoms with Crippen LogP contribution in [0.15, 0.2) is 29.2 Å². The second-order valence-corrected chi connectivity index (χ2v) is 6.93. The first-order valence-electron chi connectivity index (χ1n) is 8.66. The minimum atomic E-state index is -1.57. The smallest absolute Gasteiger partial charge is 0.341 e. The van der Waals surface area contributed by atoms with Crippen LogP contribution < -0.4 is 16.5 Å². The van der Waals surface area contributed by atoms with E-state index in [9.17, 15) is 27.9 Å². The first kappa shape index (κ1) is 20.2. The molecule has 0 amide bonds. The number of nitrogens with one attached hydrogen (secondary N) is 1. The van der Waals surface area contributed by atoms with Crippen LogP contribution in [0.4, 0.5) is 24.5 Å². The van der Waals surface area contributed by atoms with Gasteiger partial charge in [0.15, 0.2) is 0 Å². The minimum Gasteiger partial charge on any atom is -0.477 e. The summed E-state index contributed by atoms with van der Waals surface area (Å²) in [6.45, 7) is 5.07. The van der Waals surface area contributed by atoms with Gasteiger partial charge in [-0.05, 0) is 38.5 Å². The first-order chi connectivity index (χ1) is 13.5. The van der Waals surface area contributed by atoms with E-state index in [1.54, 1.807) is 13.8 Å². The molecule has 2 aromatic carbocycles. The molecule has 4 N–H and O–H groups in total. The molecule has 0 spiro atoms. The average molecular weight is 405 g/mol. The highest BCUT2D eigenvalue weighted by Gasteiger charge is 2.22. The molecule has 0 fully saturated rings. The Hall–Kier alpha value is -3.49. The number of halogens is 3. The summed E-state index contributed by atoms with van der Waals surface area (Å²) in [6.07, 6.45) is 0.923. The molecule has 0 atom stereocenters.